The molecule has 2 amide bonds. The molecule has 8 nitrogen and oxygen atoms in total. The van der Waals surface area contributed by atoms with Crippen molar-refractivity contribution >= 4 is 46.0 Å². The van der Waals surface area contributed by atoms with Crippen molar-refractivity contribution in [1.29, 1.82) is 0 Å². The van der Waals surface area contributed by atoms with E-state index in [9.17, 15) is 9.59 Å². The van der Waals surface area contributed by atoms with Gasteiger partial charge in [0.15, 0.2) is 0 Å². The zero-order chi connectivity index (χ0) is 22.5. The van der Waals surface area contributed by atoms with Crippen LogP contribution in [0.15, 0.2) is 58.7 Å². The molecule has 2 aromatic carbocycles. The largest absolute Gasteiger partial charge is 0.358 e. The first-order valence-corrected chi connectivity index (χ1v) is 10.3. The predicted octanol–water partition coefficient (Wildman–Crippen LogP) is 3.65. The maximum Gasteiger partial charge on any atom is 0.240 e. The summed E-state index contributed by atoms with van der Waals surface area (Å²) in [6.45, 7) is 3.90. The summed E-state index contributed by atoms with van der Waals surface area (Å²) in [6.07, 6.45) is 3.25. The molecule has 0 unspecified atom stereocenters. The van der Waals surface area contributed by atoms with Crippen molar-refractivity contribution in [2.24, 2.45) is 10.2 Å². The number of fused-ring (bicyclic) bond motifs is 2. The number of hydrazone groups is 2. The van der Waals surface area contributed by atoms with Crippen LogP contribution in [0.25, 0.3) is 21.8 Å². The van der Waals surface area contributed by atoms with E-state index in [1.54, 1.807) is 12.4 Å². The maximum absolute atomic E-state index is 12.0. The second-order valence-electron chi connectivity index (χ2n) is 7.50. The number of hydrogen-bond acceptors (Lipinski definition) is 4. The molecule has 0 radical (unpaired) electrons. The highest BCUT2D eigenvalue weighted by atomic mass is 16.2. The van der Waals surface area contributed by atoms with E-state index in [1.165, 1.54) is 0 Å². The highest BCUT2D eigenvalue weighted by molar-refractivity contribution is 6.01. The number of amides is 2. The van der Waals surface area contributed by atoms with Gasteiger partial charge in [0.25, 0.3) is 0 Å². The van der Waals surface area contributed by atoms with Gasteiger partial charge in [-0.25, -0.2) is 10.9 Å². The molecule has 32 heavy (non-hydrogen) atoms. The standard InChI is InChI=1S/C24H24N6O2/c1-15-19(17-7-3-5-9-21(17)27-15)13-25-29-23(31)11-12-24(32)30-26-14-20-16(2)28-22-10-6-4-8-18(20)22/h3-10,13-14,27-28H,11-12H2,1-2H3,(H,29,31)(H,30,32). The number of aromatic amines is 2. The number of nitrogens with zero attached hydrogens (tertiary/aromatic N) is 2. The van der Waals surface area contributed by atoms with Gasteiger partial charge in [0.05, 0.1) is 12.4 Å². The molecule has 0 spiro atoms. The number of rotatable bonds is 7. The van der Waals surface area contributed by atoms with E-state index in [4.69, 9.17) is 0 Å². The smallest absolute Gasteiger partial charge is 0.240 e. The Kier molecular flexibility index (Phi) is 6.12. The Morgan fingerprint density at radius 1 is 0.750 bits per heavy atom. The average molecular weight is 428 g/mol. The van der Waals surface area contributed by atoms with Gasteiger partial charge in [-0.1, -0.05) is 36.4 Å². The minimum absolute atomic E-state index is 0.0116. The van der Waals surface area contributed by atoms with Crippen LogP contribution in [0.3, 0.4) is 0 Å². The summed E-state index contributed by atoms with van der Waals surface area (Å²) in [5.41, 5.74) is 10.7. The summed E-state index contributed by atoms with van der Waals surface area (Å²) in [6, 6.07) is 15.8. The molecule has 0 aliphatic rings. The monoisotopic (exact) mass is 428 g/mol. The molecule has 2 heterocycles. The molecule has 4 aromatic rings. The Morgan fingerprint density at radius 2 is 1.16 bits per heavy atom. The summed E-state index contributed by atoms with van der Waals surface area (Å²) < 4.78 is 0. The third-order valence-corrected chi connectivity index (χ3v) is 5.23. The first kappa shape index (κ1) is 21.0. The number of para-hydroxylation sites is 2. The average Bonchev–Trinajstić information content (AvgIpc) is 3.28. The molecule has 0 fully saturated rings. The summed E-state index contributed by atoms with van der Waals surface area (Å²) >= 11 is 0. The third-order valence-electron chi connectivity index (χ3n) is 5.23. The highest BCUT2D eigenvalue weighted by Gasteiger charge is 2.08. The lowest BCUT2D eigenvalue weighted by Gasteiger charge is -2.00. The van der Waals surface area contributed by atoms with E-state index in [0.717, 1.165) is 44.3 Å². The summed E-state index contributed by atoms with van der Waals surface area (Å²) in [4.78, 5) is 30.6. The van der Waals surface area contributed by atoms with E-state index < -0.39 is 0 Å². The second kappa shape index (κ2) is 9.30. The topological polar surface area (TPSA) is 114 Å². The molecular formula is C24H24N6O2. The lowest BCUT2D eigenvalue weighted by molar-refractivity contribution is -0.126. The Hall–Kier alpha value is -4.20. The fourth-order valence-electron chi connectivity index (χ4n) is 3.61. The van der Waals surface area contributed by atoms with Crippen molar-refractivity contribution in [3.05, 3.63) is 71.0 Å². The SMILES string of the molecule is Cc1[nH]c2ccccc2c1C=NNC(=O)CCC(=O)NN=Cc1c(C)[nH]c2ccccc12. The van der Waals surface area contributed by atoms with Gasteiger partial charge in [0.2, 0.25) is 11.8 Å². The number of aryl methyl sites for hydroxylation is 2. The molecular weight excluding hydrogens is 404 g/mol. The fraction of sp³-hybridized carbons (Fsp3) is 0.167. The number of carbonyl (C=O) groups is 2. The molecule has 4 rings (SSSR count). The normalized spacial score (nSPS) is 11.7. The lowest BCUT2D eigenvalue weighted by Crippen LogP contribution is -2.22. The van der Waals surface area contributed by atoms with Gasteiger partial charge < -0.3 is 9.97 Å². The lowest BCUT2D eigenvalue weighted by atomic mass is 10.1. The molecule has 0 saturated carbocycles. The number of hydrogen-bond donors (Lipinski definition) is 4. The van der Waals surface area contributed by atoms with Crippen molar-refractivity contribution in [3.63, 3.8) is 0 Å². The van der Waals surface area contributed by atoms with Gasteiger partial charge >= 0.3 is 0 Å². The zero-order valence-corrected chi connectivity index (χ0v) is 17.9. The molecule has 4 N–H and O–H groups in total. The molecule has 162 valence electrons. The van der Waals surface area contributed by atoms with Gasteiger partial charge in [-0.15, -0.1) is 0 Å². The minimum Gasteiger partial charge on any atom is -0.358 e. The minimum atomic E-state index is -0.342. The second-order valence-corrected chi connectivity index (χ2v) is 7.50. The van der Waals surface area contributed by atoms with E-state index in [0.29, 0.717) is 0 Å². The van der Waals surface area contributed by atoms with Crippen LogP contribution >= 0.6 is 0 Å². The molecule has 0 atom stereocenters. The van der Waals surface area contributed by atoms with Crippen molar-refractivity contribution in [1.82, 2.24) is 20.8 Å². The van der Waals surface area contributed by atoms with Crippen molar-refractivity contribution in [3.8, 4) is 0 Å². The van der Waals surface area contributed by atoms with Gasteiger partial charge in [-0.3, -0.25) is 9.59 Å². The molecule has 2 aromatic heterocycles. The quantitative estimate of drug-likeness (QED) is 0.266. The van der Waals surface area contributed by atoms with Crippen LogP contribution in [0.1, 0.15) is 35.4 Å². The summed E-state index contributed by atoms with van der Waals surface area (Å²) in [7, 11) is 0. The van der Waals surface area contributed by atoms with Crippen molar-refractivity contribution < 1.29 is 9.59 Å². The molecule has 0 saturated heterocycles. The number of aromatic nitrogens is 2. The summed E-state index contributed by atoms with van der Waals surface area (Å²) in [5.74, 6) is -0.685. The van der Waals surface area contributed by atoms with E-state index in [1.807, 2.05) is 62.4 Å². The predicted molar refractivity (Wildman–Crippen MR) is 127 cm³/mol. The zero-order valence-electron chi connectivity index (χ0n) is 17.9. The van der Waals surface area contributed by atoms with Crippen molar-refractivity contribution in [2.45, 2.75) is 26.7 Å². The number of nitrogens with one attached hydrogen (secondary N) is 4. The number of H-pyrrole nitrogens is 2. The van der Waals surface area contributed by atoms with E-state index >= 15 is 0 Å². The van der Waals surface area contributed by atoms with Crippen LogP contribution in [-0.2, 0) is 9.59 Å². The Bertz CT molecular complexity index is 1240. The van der Waals surface area contributed by atoms with Crippen LogP contribution < -0.4 is 10.9 Å². The molecule has 0 bridgehead atoms. The number of carbonyl (C=O) groups excluding carboxylic acids is 2. The first-order valence-electron chi connectivity index (χ1n) is 10.3. The Morgan fingerprint density at radius 3 is 1.59 bits per heavy atom. The van der Waals surface area contributed by atoms with Crippen LogP contribution in [-0.4, -0.2) is 34.2 Å². The molecule has 8 heteroatoms. The molecule has 0 aliphatic heterocycles. The van der Waals surface area contributed by atoms with Crippen LogP contribution in [0.5, 0.6) is 0 Å². The van der Waals surface area contributed by atoms with E-state index in [-0.39, 0.29) is 24.7 Å². The Labute approximate surface area is 184 Å². The highest BCUT2D eigenvalue weighted by Crippen LogP contribution is 2.20. The first-order chi connectivity index (χ1) is 15.5. The third kappa shape index (κ3) is 4.59. The Balaban J connectivity index is 1.26. The summed E-state index contributed by atoms with van der Waals surface area (Å²) in [5, 5.41) is 10.1. The maximum atomic E-state index is 12.0. The molecule has 0 aliphatic carbocycles. The van der Waals surface area contributed by atoms with Gasteiger partial charge in [-0.05, 0) is 26.0 Å². The van der Waals surface area contributed by atoms with Crippen molar-refractivity contribution in [2.75, 3.05) is 0 Å². The van der Waals surface area contributed by atoms with Gasteiger partial charge in [-0.2, -0.15) is 10.2 Å². The van der Waals surface area contributed by atoms with E-state index in [2.05, 4.69) is 31.0 Å². The van der Waals surface area contributed by atoms with Gasteiger partial charge in [0, 0.05) is 57.2 Å². The fourth-order valence-corrected chi connectivity index (χ4v) is 3.61. The van der Waals surface area contributed by atoms with Gasteiger partial charge in [0.1, 0.15) is 0 Å². The number of benzene rings is 2. The van der Waals surface area contributed by atoms with Crippen LogP contribution in [0.2, 0.25) is 0 Å². The van der Waals surface area contributed by atoms with Crippen LogP contribution in [0, 0.1) is 13.8 Å². The van der Waals surface area contributed by atoms with Crippen LogP contribution in [0.4, 0.5) is 0 Å².